The maximum atomic E-state index is 12.4. The zero-order valence-electron chi connectivity index (χ0n) is 13.7. The van der Waals surface area contributed by atoms with E-state index in [0.717, 1.165) is 12.1 Å². The Bertz CT molecular complexity index is 719. The van der Waals surface area contributed by atoms with Gasteiger partial charge in [0, 0.05) is 18.8 Å². The van der Waals surface area contributed by atoms with Crippen molar-refractivity contribution in [2.24, 2.45) is 0 Å². The number of ether oxygens (including phenoxy) is 1. The first kappa shape index (κ1) is 19.4. The molecule has 1 aromatic rings. The first-order chi connectivity index (χ1) is 11.5. The van der Waals surface area contributed by atoms with Gasteiger partial charge in [-0.15, -0.1) is 13.2 Å². The highest BCUT2D eigenvalue weighted by Gasteiger charge is 2.34. The summed E-state index contributed by atoms with van der Waals surface area (Å²) in [7, 11) is -1.55. The van der Waals surface area contributed by atoms with Gasteiger partial charge >= 0.3 is 6.36 Å². The second-order valence-corrected chi connectivity index (χ2v) is 8.17. The van der Waals surface area contributed by atoms with Crippen LogP contribution in [0.15, 0.2) is 24.3 Å². The predicted molar refractivity (Wildman–Crippen MR) is 86.0 cm³/mol. The Labute approximate surface area is 143 Å². The molecule has 1 aliphatic heterocycles. The molecule has 0 spiro atoms. The minimum absolute atomic E-state index is 0.0502. The van der Waals surface area contributed by atoms with Crippen LogP contribution in [0.3, 0.4) is 0 Å². The number of nitrogens with one attached hydrogen (secondary N) is 1. The molecule has 6 nitrogen and oxygen atoms in total. The molecule has 1 aromatic carbocycles. The number of halogens is 3. The van der Waals surface area contributed by atoms with Crippen molar-refractivity contribution < 1.29 is 31.1 Å². The molecule has 0 saturated carbocycles. The van der Waals surface area contributed by atoms with Crippen LogP contribution >= 0.6 is 0 Å². The summed E-state index contributed by atoms with van der Waals surface area (Å²) >= 11 is 0. The van der Waals surface area contributed by atoms with Crippen molar-refractivity contribution in [3.63, 3.8) is 0 Å². The fraction of sp³-hybridized carbons (Fsp3) is 0.533. The lowest BCUT2D eigenvalue weighted by Gasteiger charge is -2.27. The fourth-order valence-corrected chi connectivity index (χ4v) is 4.41. The van der Waals surface area contributed by atoms with Crippen LogP contribution in [-0.4, -0.2) is 56.2 Å². The summed E-state index contributed by atoms with van der Waals surface area (Å²) < 4.78 is 63.2. The van der Waals surface area contributed by atoms with Crippen LogP contribution in [0.25, 0.3) is 0 Å². The molecular formula is C15H19F3N2O4S. The molecular weight excluding hydrogens is 361 g/mol. The van der Waals surface area contributed by atoms with Crippen LogP contribution in [0.1, 0.15) is 13.3 Å². The summed E-state index contributed by atoms with van der Waals surface area (Å²) in [5.74, 6) is -0.633. The van der Waals surface area contributed by atoms with E-state index in [-0.39, 0.29) is 29.2 Å². The van der Waals surface area contributed by atoms with Gasteiger partial charge in [-0.2, -0.15) is 0 Å². The van der Waals surface area contributed by atoms with Crippen LogP contribution in [-0.2, 0) is 14.6 Å². The van der Waals surface area contributed by atoms with E-state index in [1.54, 1.807) is 14.0 Å². The van der Waals surface area contributed by atoms with Crippen LogP contribution in [0.2, 0.25) is 0 Å². The number of sulfone groups is 1. The number of carbonyl (C=O) groups excluding carboxylic acids is 1. The highest BCUT2D eigenvalue weighted by atomic mass is 32.2. The molecule has 0 aromatic heterocycles. The summed E-state index contributed by atoms with van der Waals surface area (Å²) in [5.41, 5.74) is 0.447. The van der Waals surface area contributed by atoms with E-state index in [2.05, 4.69) is 10.1 Å². The van der Waals surface area contributed by atoms with Gasteiger partial charge in [-0.25, -0.2) is 8.42 Å². The van der Waals surface area contributed by atoms with Gasteiger partial charge in [0.05, 0.1) is 11.5 Å². The number of amides is 1. The normalized spacial score (nSPS) is 20.8. The van der Waals surface area contributed by atoms with Gasteiger partial charge in [0.15, 0.2) is 9.84 Å². The number of alkyl halides is 3. The number of hydrogen-bond donors (Lipinski definition) is 1. The third-order valence-electron chi connectivity index (χ3n) is 3.95. The second-order valence-electron chi connectivity index (χ2n) is 5.94. The Balaban J connectivity index is 1.94. The van der Waals surface area contributed by atoms with E-state index in [4.69, 9.17) is 0 Å². The lowest BCUT2D eigenvalue weighted by molar-refractivity contribution is -0.274. The topological polar surface area (TPSA) is 75.7 Å². The summed E-state index contributed by atoms with van der Waals surface area (Å²) in [6.07, 6.45) is -4.36. The zero-order valence-corrected chi connectivity index (χ0v) is 14.5. The summed E-state index contributed by atoms with van der Waals surface area (Å²) in [6.45, 7) is 1.60. The number of benzene rings is 1. The first-order valence-electron chi connectivity index (χ1n) is 7.56. The molecule has 0 radical (unpaired) electrons. The second kappa shape index (κ2) is 7.11. The Morgan fingerprint density at radius 3 is 2.40 bits per heavy atom. The van der Waals surface area contributed by atoms with Gasteiger partial charge in [-0.05, 0) is 37.6 Å². The van der Waals surface area contributed by atoms with Crippen molar-refractivity contribution in [1.29, 1.82) is 0 Å². The van der Waals surface area contributed by atoms with Gasteiger partial charge in [0.25, 0.3) is 0 Å². The highest BCUT2D eigenvalue weighted by molar-refractivity contribution is 7.91. The van der Waals surface area contributed by atoms with Crippen LogP contribution in [0, 0.1) is 0 Å². The zero-order chi connectivity index (χ0) is 18.8. The van der Waals surface area contributed by atoms with E-state index in [9.17, 15) is 26.4 Å². The molecule has 0 aliphatic carbocycles. The van der Waals surface area contributed by atoms with Gasteiger partial charge in [-0.1, -0.05) is 0 Å². The SMILES string of the molecule is C[C@@H](Nc1ccc(OC(F)(F)F)cc1)C(=O)N(C)[C@@H]1CCS(=O)(=O)C1. The monoisotopic (exact) mass is 380 g/mol. The molecule has 25 heavy (non-hydrogen) atoms. The molecule has 1 aliphatic rings. The molecule has 1 saturated heterocycles. The molecule has 1 heterocycles. The molecule has 0 bridgehead atoms. The average molecular weight is 380 g/mol. The average Bonchev–Trinajstić information content (AvgIpc) is 2.86. The molecule has 2 atom stereocenters. The molecule has 140 valence electrons. The highest BCUT2D eigenvalue weighted by Crippen LogP contribution is 2.24. The van der Waals surface area contributed by atoms with Crippen molar-refractivity contribution in [2.75, 3.05) is 23.9 Å². The van der Waals surface area contributed by atoms with Crippen molar-refractivity contribution >= 4 is 21.4 Å². The van der Waals surface area contributed by atoms with Gasteiger partial charge in [0.1, 0.15) is 11.8 Å². The molecule has 0 unspecified atom stereocenters. The Hall–Kier alpha value is -1.97. The summed E-state index contributed by atoms with van der Waals surface area (Å²) in [5, 5.41) is 2.88. The molecule has 10 heteroatoms. The molecule has 1 amide bonds. The minimum atomic E-state index is -4.76. The number of rotatable bonds is 5. The van der Waals surface area contributed by atoms with E-state index >= 15 is 0 Å². The van der Waals surface area contributed by atoms with Crippen molar-refractivity contribution in [1.82, 2.24) is 4.90 Å². The molecule has 1 fully saturated rings. The van der Waals surface area contributed by atoms with Gasteiger partial charge in [0.2, 0.25) is 5.91 Å². The number of anilines is 1. The van der Waals surface area contributed by atoms with Gasteiger partial charge in [-0.3, -0.25) is 4.79 Å². The summed E-state index contributed by atoms with van der Waals surface area (Å²) in [6, 6.07) is 3.99. The Morgan fingerprint density at radius 2 is 1.92 bits per heavy atom. The van der Waals surface area contributed by atoms with E-state index in [1.807, 2.05) is 0 Å². The lowest BCUT2D eigenvalue weighted by atomic mass is 10.2. The first-order valence-corrected chi connectivity index (χ1v) is 9.38. The van der Waals surface area contributed by atoms with Crippen molar-refractivity contribution in [2.45, 2.75) is 31.8 Å². The molecule has 1 N–H and O–H groups in total. The molecule has 2 rings (SSSR count). The third kappa shape index (κ3) is 5.52. The number of hydrogen-bond acceptors (Lipinski definition) is 5. The Morgan fingerprint density at radius 1 is 1.32 bits per heavy atom. The van der Waals surface area contributed by atoms with Crippen LogP contribution < -0.4 is 10.1 Å². The maximum Gasteiger partial charge on any atom is 0.573 e. The smallest absolute Gasteiger partial charge is 0.406 e. The van der Waals surface area contributed by atoms with Gasteiger partial charge < -0.3 is 15.0 Å². The number of likely N-dealkylation sites (N-methyl/N-ethyl adjacent to an activating group) is 1. The van der Waals surface area contributed by atoms with E-state index in [1.165, 1.54) is 17.0 Å². The van der Waals surface area contributed by atoms with Crippen molar-refractivity contribution in [3.8, 4) is 5.75 Å². The predicted octanol–water partition coefficient (Wildman–Crippen LogP) is 2.03. The maximum absolute atomic E-state index is 12.4. The number of nitrogens with zero attached hydrogens (tertiary/aromatic N) is 1. The standard InChI is InChI=1S/C15H19F3N2O4S/c1-10(14(21)20(2)12-7-8-25(22,23)9-12)19-11-3-5-13(6-4-11)24-15(16,17)18/h3-6,10,12,19H,7-9H2,1-2H3/t10-,12-/m1/s1. The van der Waals surface area contributed by atoms with E-state index < -0.39 is 22.2 Å². The van der Waals surface area contributed by atoms with E-state index in [0.29, 0.717) is 12.1 Å². The van der Waals surface area contributed by atoms with Crippen LogP contribution in [0.5, 0.6) is 5.75 Å². The quantitative estimate of drug-likeness (QED) is 0.846. The van der Waals surface area contributed by atoms with Crippen molar-refractivity contribution in [3.05, 3.63) is 24.3 Å². The minimum Gasteiger partial charge on any atom is -0.406 e. The van der Waals surface area contributed by atoms with Crippen LogP contribution in [0.4, 0.5) is 18.9 Å². The summed E-state index contributed by atoms with van der Waals surface area (Å²) in [4.78, 5) is 13.8. The lowest BCUT2D eigenvalue weighted by Crippen LogP contribution is -2.45. The largest absolute Gasteiger partial charge is 0.573 e. The third-order valence-corrected chi connectivity index (χ3v) is 5.70. The number of carbonyl (C=O) groups is 1. The Kier molecular flexibility index (Phi) is 5.50. The fourth-order valence-electron chi connectivity index (χ4n) is 2.63.